The van der Waals surface area contributed by atoms with Gasteiger partial charge in [-0.1, -0.05) is 17.7 Å². The minimum Gasteiger partial charge on any atom is -0.384 e. The predicted molar refractivity (Wildman–Crippen MR) is 79.9 cm³/mol. The molecule has 1 aromatic heterocycles. The highest BCUT2D eigenvalue weighted by molar-refractivity contribution is 7.99. The first kappa shape index (κ1) is 16.0. The number of benzene rings is 1. The Balaban J connectivity index is 1.79. The third-order valence-corrected chi connectivity index (χ3v) is 3.75. The molecule has 0 fully saturated rings. The van der Waals surface area contributed by atoms with Crippen LogP contribution in [-0.2, 0) is 6.18 Å². The van der Waals surface area contributed by atoms with Crippen LogP contribution in [0.4, 0.5) is 18.9 Å². The molecule has 21 heavy (non-hydrogen) atoms. The van der Waals surface area contributed by atoms with Gasteiger partial charge in [0.05, 0.1) is 10.6 Å². The number of halogens is 4. The van der Waals surface area contributed by atoms with Crippen molar-refractivity contribution in [1.82, 2.24) is 4.98 Å². The number of alkyl halides is 3. The number of thioether (sulfide) groups is 1. The van der Waals surface area contributed by atoms with Gasteiger partial charge < -0.3 is 5.32 Å². The number of pyridine rings is 1. The summed E-state index contributed by atoms with van der Waals surface area (Å²) in [5.74, 6) is 0.685. The van der Waals surface area contributed by atoms with Crippen LogP contribution >= 0.6 is 23.4 Å². The molecule has 0 amide bonds. The Kier molecular flexibility index (Phi) is 5.36. The predicted octanol–water partition coefficient (Wildman–Crippen LogP) is 4.96. The zero-order valence-corrected chi connectivity index (χ0v) is 12.4. The van der Waals surface area contributed by atoms with E-state index >= 15 is 0 Å². The molecule has 0 aliphatic carbocycles. The number of aromatic nitrogens is 1. The highest BCUT2D eigenvalue weighted by atomic mass is 35.5. The highest BCUT2D eigenvalue weighted by Crippen LogP contribution is 2.29. The second kappa shape index (κ2) is 7.04. The molecule has 0 radical (unpaired) electrons. The van der Waals surface area contributed by atoms with E-state index in [2.05, 4.69) is 10.3 Å². The third kappa shape index (κ3) is 5.13. The molecule has 0 aliphatic heterocycles. The lowest BCUT2D eigenvalue weighted by Crippen LogP contribution is -2.06. The van der Waals surface area contributed by atoms with Crippen molar-refractivity contribution in [1.29, 1.82) is 0 Å². The standard InChI is InChI=1S/C14H12ClF3N2S/c15-11-2-1-3-12(8-11)19-6-7-21-13-5-4-10(9-20-13)14(16,17)18/h1-5,8-9,19H,6-7H2. The first-order valence-corrected chi connectivity index (χ1v) is 7.47. The molecular weight excluding hydrogens is 321 g/mol. The summed E-state index contributed by atoms with van der Waals surface area (Å²) in [5.41, 5.74) is 0.174. The number of nitrogens with zero attached hydrogens (tertiary/aromatic N) is 1. The number of rotatable bonds is 5. The maximum atomic E-state index is 12.4. The highest BCUT2D eigenvalue weighted by Gasteiger charge is 2.30. The summed E-state index contributed by atoms with van der Waals surface area (Å²) in [6, 6.07) is 9.75. The second-order valence-electron chi connectivity index (χ2n) is 4.17. The summed E-state index contributed by atoms with van der Waals surface area (Å²) in [4.78, 5) is 3.80. The van der Waals surface area contributed by atoms with E-state index in [1.807, 2.05) is 18.2 Å². The van der Waals surface area contributed by atoms with Crippen LogP contribution < -0.4 is 5.32 Å². The van der Waals surface area contributed by atoms with Crippen LogP contribution in [-0.4, -0.2) is 17.3 Å². The van der Waals surface area contributed by atoms with E-state index in [4.69, 9.17) is 11.6 Å². The molecule has 0 bridgehead atoms. The quantitative estimate of drug-likeness (QED) is 0.619. The monoisotopic (exact) mass is 332 g/mol. The van der Waals surface area contributed by atoms with E-state index < -0.39 is 11.7 Å². The summed E-state index contributed by atoms with van der Waals surface area (Å²) < 4.78 is 37.1. The Morgan fingerprint density at radius 1 is 1.19 bits per heavy atom. The van der Waals surface area contributed by atoms with Crippen molar-refractivity contribution in [2.24, 2.45) is 0 Å². The topological polar surface area (TPSA) is 24.9 Å². The molecule has 2 rings (SSSR count). The van der Waals surface area contributed by atoms with Crippen LogP contribution in [0.2, 0.25) is 5.02 Å². The molecule has 112 valence electrons. The van der Waals surface area contributed by atoms with E-state index in [-0.39, 0.29) is 0 Å². The summed E-state index contributed by atoms with van der Waals surface area (Å²) >= 11 is 7.25. The van der Waals surface area contributed by atoms with Crippen molar-refractivity contribution in [3.05, 3.63) is 53.2 Å². The normalized spacial score (nSPS) is 11.4. The Bertz CT molecular complexity index is 588. The van der Waals surface area contributed by atoms with Gasteiger partial charge >= 0.3 is 6.18 Å². The zero-order valence-electron chi connectivity index (χ0n) is 10.8. The van der Waals surface area contributed by atoms with E-state index in [1.165, 1.54) is 17.8 Å². The van der Waals surface area contributed by atoms with Gasteiger partial charge in [-0.05, 0) is 30.3 Å². The van der Waals surface area contributed by atoms with Crippen LogP contribution in [0.1, 0.15) is 5.56 Å². The van der Waals surface area contributed by atoms with Gasteiger partial charge in [-0.2, -0.15) is 13.2 Å². The van der Waals surface area contributed by atoms with Gasteiger partial charge in [-0.25, -0.2) is 4.98 Å². The van der Waals surface area contributed by atoms with Gasteiger partial charge in [-0.15, -0.1) is 11.8 Å². The van der Waals surface area contributed by atoms with Crippen molar-refractivity contribution in [2.45, 2.75) is 11.2 Å². The molecule has 1 N–H and O–H groups in total. The molecule has 1 aromatic carbocycles. The molecule has 0 saturated carbocycles. The first-order chi connectivity index (χ1) is 9.95. The molecule has 0 spiro atoms. The van der Waals surface area contributed by atoms with Crippen molar-refractivity contribution in [3.8, 4) is 0 Å². The fourth-order valence-electron chi connectivity index (χ4n) is 1.58. The van der Waals surface area contributed by atoms with Gasteiger partial charge in [-0.3, -0.25) is 0 Å². The fourth-order valence-corrected chi connectivity index (χ4v) is 2.48. The van der Waals surface area contributed by atoms with E-state index in [0.29, 0.717) is 22.3 Å². The molecule has 0 atom stereocenters. The minimum absolute atomic E-state index is 0.566. The van der Waals surface area contributed by atoms with Crippen LogP contribution in [0.25, 0.3) is 0 Å². The smallest absolute Gasteiger partial charge is 0.384 e. The van der Waals surface area contributed by atoms with Crippen LogP contribution in [0.3, 0.4) is 0 Å². The van der Waals surface area contributed by atoms with E-state index in [1.54, 1.807) is 6.07 Å². The van der Waals surface area contributed by atoms with Crippen molar-refractivity contribution in [3.63, 3.8) is 0 Å². The summed E-state index contributed by atoms with van der Waals surface area (Å²) in [6.07, 6.45) is -3.49. The van der Waals surface area contributed by atoms with Gasteiger partial charge in [0.15, 0.2) is 0 Å². The zero-order chi connectivity index (χ0) is 15.3. The van der Waals surface area contributed by atoms with Gasteiger partial charge in [0, 0.05) is 29.2 Å². The van der Waals surface area contributed by atoms with Crippen LogP contribution in [0.5, 0.6) is 0 Å². The maximum Gasteiger partial charge on any atom is 0.417 e. The fraction of sp³-hybridized carbons (Fsp3) is 0.214. The number of anilines is 1. The maximum absolute atomic E-state index is 12.4. The molecule has 7 heteroatoms. The lowest BCUT2D eigenvalue weighted by Gasteiger charge is -2.08. The van der Waals surface area contributed by atoms with Gasteiger partial charge in [0.2, 0.25) is 0 Å². The molecule has 0 saturated heterocycles. The lowest BCUT2D eigenvalue weighted by atomic mass is 10.3. The third-order valence-electron chi connectivity index (χ3n) is 2.57. The average Bonchev–Trinajstić information content (AvgIpc) is 2.43. The first-order valence-electron chi connectivity index (χ1n) is 6.10. The Labute approximate surface area is 129 Å². The minimum atomic E-state index is -4.34. The molecule has 0 unspecified atom stereocenters. The largest absolute Gasteiger partial charge is 0.417 e. The van der Waals surface area contributed by atoms with E-state index in [9.17, 15) is 13.2 Å². The SMILES string of the molecule is FC(F)(F)c1ccc(SCCNc2cccc(Cl)c2)nc1. The number of hydrogen-bond acceptors (Lipinski definition) is 3. The molecule has 2 aromatic rings. The summed E-state index contributed by atoms with van der Waals surface area (Å²) in [6.45, 7) is 0.660. The Morgan fingerprint density at radius 3 is 2.62 bits per heavy atom. The second-order valence-corrected chi connectivity index (χ2v) is 5.72. The Hall–Kier alpha value is -1.40. The van der Waals surface area contributed by atoms with Crippen molar-refractivity contribution in [2.75, 3.05) is 17.6 Å². The Morgan fingerprint density at radius 2 is 2.00 bits per heavy atom. The molecule has 0 aliphatic rings. The number of hydrogen-bond donors (Lipinski definition) is 1. The average molecular weight is 333 g/mol. The molecule has 1 heterocycles. The van der Waals surface area contributed by atoms with Crippen molar-refractivity contribution >= 4 is 29.1 Å². The van der Waals surface area contributed by atoms with Crippen LogP contribution in [0.15, 0.2) is 47.6 Å². The summed E-state index contributed by atoms with van der Waals surface area (Å²) in [7, 11) is 0. The lowest BCUT2D eigenvalue weighted by molar-refractivity contribution is -0.137. The van der Waals surface area contributed by atoms with Gasteiger partial charge in [0.25, 0.3) is 0 Å². The number of nitrogens with one attached hydrogen (secondary N) is 1. The summed E-state index contributed by atoms with van der Waals surface area (Å²) in [5, 5.41) is 4.39. The van der Waals surface area contributed by atoms with Gasteiger partial charge in [0.1, 0.15) is 0 Å². The van der Waals surface area contributed by atoms with E-state index in [0.717, 1.165) is 18.0 Å². The molecular formula is C14H12ClF3N2S. The van der Waals surface area contributed by atoms with Crippen LogP contribution in [0, 0.1) is 0 Å². The van der Waals surface area contributed by atoms with Crippen molar-refractivity contribution < 1.29 is 13.2 Å². The molecule has 2 nitrogen and oxygen atoms in total.